The zero-order chi connectivity index (χ0) is 10.9. The molecule has 1 aliphatic rings. The molecule has 0 saturated carbocycles. The van der Waals surface area contributed by atoms with E-state index in [1.54, 1.807) is 0 Å². The van der Waals surface area contributed by atoms with Crippen LogP contribution >= 0.6 is 0 Å². The topological polar surface area (TPSA) is 61.5 Å². The van der Waals surface area contributed by atoms with E-state index in [2.05, 4.69) is 4.74 Å². The van der Waals surface area contributed by atoms with Crippen LogP contribution in [0.4, 0.5) is 0 Å². The van der Waals surface area contributed by atoms with Gasteiger partial charge in [-0.2, -0.15) is 0 Å². The fourth-order valence-electron chi connectivity index (χ4n) is 1.72. The van der Waals surface area contributed by atoms with Crippen LogP contribution < -0.4 is 10.5 Å². The number of para-hydroxylation sites is 1. The fourth-order valence-corrected chi connectivity index (χ4v) is 1.72. The molecule has 0 spiro atoms. The van der Waals surface area contributed by atoms with Gasteiger partial charge in [-0.15, -0.1) is 0 Å². The van der Waals surface area contributed by atoms with E-state index >= 15 is 0 Å². The quantitative estimate of drug-likeness (QED) is 0.681. The smallest absolute Gasteiger partial charge is 0.329 e. The molecular weight excluding hydrogens is 194 g/mol. The van der Waals surface area contributed by atoms with Crippen LogP contribution in [-0.2, 0) is 16.0 Å². The summed E-state index contributed by atoms with van der Waals surface area (Å²) in [5.41, 5.74) is 5.82. The molecule has 1 aromatic carbocycles. The summed E-state index contributed by atoms with van der Waals surface area (Å²) in [6.45, 7) is 0.163. The molecule has 0 bridgehead atoms. The lowest BCUT2D eigenvalue weighted by molar-refractivity contribution is -0.148. The first-order valence-electron chi connectivity index (χ1n) is 4.74. The number of hydrogen-bond donors (Lipinski definition) is 1. The molecule has 2 rings (SSSR count). The predicted octanol–water partition coefficient (Wildman–Crippen LogP) is 0.492. The second-order valence-corrected chi connectivity index (χ2v) is 3.72. The molecule has 0 fully saturated rings. The van der Waals surface area contributed by atoms with Crippen LogP contribution in [0.1, 0.15) is 5.56 Å². The lowest BCUT2D eigenvalue weighted by Gasteiger charge is -2.31. The molecule has 80 valence electrons. The third kappa shape index (κ3) is 1.68. The highest BCUT2D eigenvalue weighted by atomic mass is 16.5. The van der Waals surface area contributed by atoms with Crippen molar-refractivity contribution in [3.8, 4) is 5.75 Å². The highest BCUT2D eigenvalue weighted by Crippen LogP contribution is 2.28. The molecule has 1 aliphatic heterocycles. The summed E-state index contributed by atoms with van der Waals surface area (Å²) in [5.74, 6) is 0.361. The van der Waals surface area contributed by atoms with Crippen molar-refractivity contribution in [1.29, 1.82) is 0 Å². The second kappa shape index (κ2) is 3.55. The summed E-state index contributed by atoms with van der Waals surface area (Å²) in [6, 6.07) is 7.55. The van der Waals surface area contributed by atoms with E-state index in [4.69, 9.17) is 10.5 Å². The predicted molar refractivity (Wildman–Crippen MR) is 54.6 cm³/mol. The number of esters is 1. The first-order chi connectivity index (χ1) is 7.15. The fraction of sp³-hybridized carbons (Fsp3) is 0.364. The van der Waals surface area contributed by atoms with Crippen LogP contribution in [0.15, 0.2) is 24.3 Å². The number of nitrogens with two attached hydrogens (primary N) is 1. The van der Waals surface area contributed by atoms with Gasteiger partial charge < -0.3 is 15.2 Å². The maximum atomic E-state index is 11.5. The van der Waals surface area contributed by atoms with Gasteiger partial charge in [0.15, 0.2) is 5.54 Å². The molecule has 1 atom stereocenters. The zero-order valence-corrected chi connectivity index (χ0v) is 8.53. The molecule has 15 heavy (non-hydrogen) atoms. The van der Waals surface area contributed by atoms with Gasteiger partial charge >= 0.3 is 5.97 Å². The van der Waals surface area contributed by atoms with Crippen molar-refractivity contribution < 1.29 is 14.3 Å². The maximum absolute atomic E-state index is 11.5. The maximum Gasteiger partial charge on any atom is 0.329 e. The van der Waals surface area contributed by atoms with Crippen LogP contribution in [0, 0.1) is 0 Å². The van der Waals surface area contributed by atoms with Crippen LogP contribution in [0.3, 0.4) is 0 Å². The van der Waals surface area contributed by atoms with Crippen molar-refractivity contribution in [1.82, 2.24) is 0 Å². The highest BCUT2D eigenvalue weighted by Gasteiger charge is 2.40. The van der Waals surface area contributed by atoms with E-state index < -0.39 is 11.5 Å². The highest BCUT2D eigenvalue weighted by molar-refractivity contribution is 5.81. The van der Waals surface area contributed by atoms with Gasteiger partial charge in [-0.3, -0.25) is 0 Å². The Morgan fingerprint density at radius 1 is 1.53 bits per heavy atom. The number of methoxy groups -OCH3 is 1. The summed E-state index contributed by atoms with van der Waals surface area (Å²) < 4.78 is 10.1. The Hall–Kier alpha value is -1.55. The van der Waals surface area contributed by atoms with Gasteiger partial charge in [-0.05, 0) is 11.6 Å². The van der Waals surface area contributed by atoms with Crippen LogP contribution in [-0.4, -0.2) is 25.2 Å². The first-order valence-corrected chi connectivity index (χ1v) is 4.74. The van der Waals surface area contributed by atoms with Crippen molar-refractivity contribution in [2.45, 2.75) is 12.0 Å². The Bertz CT molecular complexity index is 391. The molecule has 1 aromatic rings. The van der Waals surface area contributed by atoms with Crippen LogP contribution in [0.25, 0.3) is 0 Å². The average Bonchev–Trinajstić information content (AvgIpc) is 2.27. The summed E-state index contributed by atoms with van der Waals surface area (Å²) >= 11 is 0. The molecule has 4 heteroatoms. The van der Waals surface area contributed by atoms with Gasteiger partial charge in [0.1, 0.15) is 12.4 Å². The van der Waals surface area contributed by atoms with E-state index in [0.717, 1.165) is 11.3 Å². The minimum Gasteiger partial charge on any atom is -0.491 e. The molecule has 0 aliphatic carbocycles. The Morgan fingerprint density at radius 3 is 3.00 bits per heavy atom. The third-order valence-electron chi connectivity index (χ3n) is 2.56. The van der Waals surface area contributed by atoms with Gasteiger partial charge in [0.2, 0.25) is 0 Å². The Balaban J connectivity index is 2.28. The number of benzene rings is 1. The number of hydrogen-bond acceptors (Lipinski definition) is 4. The molecule has 0 radical (unpaired) electrons. The minimum atomic E-state index is -1.05. The number of rotatable bonds is 1. The molecule has 1 unspecified atom stereocenters. The molecular formula is C11H13NO3. The van der Waals surface area contributed by atoms with Crippen LogP contribution in [0.2, 0.25) is 0 Å². The minimum absolute atomic E-state index is 0.163. The Kier molecular flexibility index (Phi) is 2.36. The largest absolute Gasteiger partial charge is 0.491 e. The van der Waals surface area contributed by atoms with E-state index in [-0.39, 0.29) is 6.61 Å². The summed E-state index contributed by atoms with van der Waals surface area (Å²) in [7, 11) is 1.33. The first kappa shape index (κ1) is 9.98. The summed E-state index contributed by atoms with van der Waals surface area (Å²) in [6.07, 6.45) is 0.454. The van der Waals surface area contributed by atoms with Gasteiger partial charge in [0.05, 0.1) is 7.11 Å². The average molecular weight is 207 g/mol. The normalized spacial score (nSPS) is 23.9. The Morgan fingerprint density at radius 2 is 2.27 bits per heavy atom. The Labute approximate surface area is 88.0 Å². The van der Waals surface area contributed by atoms with Crippen molar-refractivity contribution in [3.05, 3.63) is 29.8 Å². The number of fused-ring (bicyclic) bond motifs is 1. The molecule has 1 heterocycles. The van der Waals surface area contributed by atoms with E-state index in [0.29, 0.717) is 6.42 Å². The van der Waals surface area contributed by atoms with Crippen molar-refractivity contribution in [2.75, 3.05) is 13.7 Å². The molecule has 0 saturated heterocycles. The molecule has 0 amide bonds. The third-order valence-corrected chi connectivity index (χ3v) is 2.56. The number of carbonyl (C=O) groups excluding carboxylic acids is 1. The summed E-state index contributed by atoms with van der Waals surface area (Å²) in [4.78, 5) is 11.5. The van der Waals surface area contributed by atoms with E-state index in [1.807, 2.05) is 24.3 Å². The number of carbonyl (C=O) groups is 1. The molecule has 0 aromatic heterocycles. The van der Waals surface area contributed by atoms with Gasteiger partial charge in [-0.25, -0.2) is 4.79 Å². The van der Waals surface area contributed by atoms with Gasteiger partial charge in [0.25, 0.3) is 0 Å². The standard InChI is InChI=1S/C11H13NO3/c1-14-10(13)11(12)6-8-4-2-3-5-9(8)15-7-11/h2-5H,6-7,12H2,1H3. The molecule has 4 nitrogen and oxygen atoms in total. The second-order valence-electron chi connectivity index (χ2n) is 3.72. The monoisotopic (exact) mass is 207 g/mol. The summed E-state index contributed by atoms with van der Waals surface area (Å²) in [5, 5.41) is 0. The molecule has 2 N–H and O–H groups in total. The van der Waals surface area contributed by atoms with Gasteiger partial charge in [-0.1, -0.05) is 18.2 Å². The zero-order valence-electron chi connectivity index (χ0n) is 8.53. The SMILES string of the molecule is COC(=O)C1(N)COc2ccccc2C1. The van der Waals surface area contributed by atoms with E-state index in [1.165, 1.54) is 7.11 Å². The van der Waals surface area contributed by atoms with E-state index in [9.17, 15) is 4.79 Å². The van der Waals surface area contributed by atoms with Crippen molar-refractivity contribution in [2.24, 2.45) is 5.73 Å². The number of ether oxygens (including phenoxy) is 2. The van der Waals surface area contributed by atoms with Gasteiger partial charge in [0, 0.05) is 6.42 Å². The van der Waals surface area contributed by atoms with Crippen molar-refractivity contribution in [3.63, 3.8) is 0 Å². The van der Waals surface area contributed by atoms with Crippen LogP contribution in [0.5, 0.6) is 5.75 Å². The van der Waals surface area contributed by atoms with Crippen molar-refractivity contribution >= 4 is 5.97 Å². The lowest BCUT2D eigenvalue weighted by Crippen LogP contribution is -2.56. The lowest BCUT2D eigenvalue weighted by atomic mass is 9.90.